The van der Waals surface area contributed by atoms with Crippen LogP contribution in [0.25, 0.3) is 0 Å². The third kappa shape index (κ3) is 4.55. The lowest BCUT2D eigenvalue weighted by Crippen LogP contribution is -2.40. The number of carbonyl (C=O) groups excluding carboxylic acids is 2. The zero-order valence-electron chi connectivity index (χ0n) is 18.0. The van der Waals surface area contributed by atoms with E-state index in [0.717, 1.165) is 54.3 Å². The van der Waals surface area contributed by atoms with E-state index in [1.807, 2.05) is 36.9 Å². The van der Waals surface area contributed by atoms with Gasteiger partial charge in [-0.15, -0.1) is 10.2 Å². The van der Waals surface area contributed by atoms with Crippen molar-refractivity contribution in [1.82, 2.24) is 19.7 Å². The standard InChI is InChI=1S/C23H31N5O2/c1-16-7-8-17(2)19(14-16)24-21(29)15-22(30)27-12-9-18(10-13-27)23-26-25-20-6-4-3-5-11-28(20)23/h7-8,14,18H,3-6,9-13,15H2,1-2H3,(H,24,29). The normalized spacial score (nSPS) is 17.3. The van der Waals surface area contributed by atoms with Crippen LogP contribution in [-0.2, 0) is 22.6 Å². The molecule has 0 unspecified atom stereocenters. The highest BCUT2D eigenvalue weighted by Crippen LogP contribution is 2.29. The van der Waals surface area contributed by atoms with Gasteiger partial charge in [0.05, 0.1) is 0 Å². The van der Waals surface area contributed by atoms with Crippen LogP contribution in [0, 0.1) is 13.8 Å². The molecule has 0 spiro atoms. The second-order valence-electron chi connectivity index (χ2n) is 8.64. The third-order valence-electron chi connectivity index (χ3n) is 6.33. The number of rotatable bonds is 4. The summed E-state index contributed by atoms with van der Waals surface area (Å²) in [5.74, 6) is 2.20. The molecule has 30 heavy (non-hydrogen) atoms. The summed E-state index contributed by atoms with van der Waals surface area (Å²) in [7, 11) is 0. The first kappa shape index (κ1) is 20.6. The van der Waals surface area contributed by atoms with E-state index >= 15 is 0 Å². The topological polar surface area (TPSA) is 80.1 Å². The van der Waals surface area contributed by atoms with Crippen molar-refractivity contribution >= 4 is 17.5 Å². The number of aryl methyl sites for hydroxylation is 3. The lowest BCUT2D eigenvalue weighted by atomic mass is 9.95. The predicted octanol–water partition coefficient (Wildman–Crippen LogP) is 3.36. The number of nitrogens with one attached hydrogen (secondary N) is 1. The molecule has 0 atom stereocenters. The fourth-order valence-electron chi connectivity index (χ4n) is 4.51. The molecule has 0 bridgehead atoms. The second kappa shape index (κ2) is 8.98. The molecule has 0 radical (unpaired) electrons. The van der Waals surface area contributed by atoms with Gasteiger partial charge in [0.15, 0.2) is 0 Å². The first-order valence-electron chi connectivity index (χ1n) is 11.1. The van der Waals surface area contributed by atoms with Gasteiger partial charge in [-0.1, -0.05) is 18.6 Å². The molecule has 1 aromatic heterocycles. The average Bonchev–Trinajstić information content (AvgIpc) is 2.99. The van der Waals surface area contributed by atoms with Crippen LogP contribution in [0.15, 0.2) is 18.2 Å². The lowest BCUT2D eigenvalue weighted by molar-refractivity contribution is -0.135. The maximum absolute atomic E-state index is 12.7. The minimum atomic E-state index is -0.251. The van der Waals surface area contributed by atoms with Crippen LogP contribution in [-0.4, -0.2) is 44.6 Å². The molecule has 0 aliphatic carbocycles. The van der Waals surface area contributed by atoms with Gasteiger partial charge in [-0.2, -0.15) is 0 Å². The van der Waals surface area contributed by atoms with E-state index in [1.54, 1.807) is 0 Å². The van der Waals surface area contributed by atoms with Crippen molar-refractivity contribution in [3.8, 4) is 0 Å². The van der Waals surface area contributed by atoms with Crippen molar-refractivity contribution in [2.24, 2.45) is 0 Å². The monoisotopic (exact) mass is 409 g/mol. The fourth-order valence-corrected chi connectivity index (χ4v) is 4.51. The number of likely N-dealkylation sites (tertiary alicyclic amines) is 1. The maximum Gasteiger partial charge on any atom is 0.233 e. The molecule has 4 rings (SSSR count). The van der Waals surface area contributed by atoms with Crippen molar-refractivity contribution in [3.05, 3.63) is 41.0 Å². The largest absolute Gasteiger partial charge is 0.342 e. The van der Waals surface area contributed by atoms with Gasteiger partial charge < -0.3 is 14.8 Å². The molecule has 160 valence electrons. The van der Waals surface area contributed by atoms with E-state index in [-0.39, 0.29) is 18.2 Å². The van der Waals surface area contributed by atoms with Crippen LogP contribution >= 0.6 is 0 Å². The number of hydrogen-bond acceptors (Lipinski definition) is 4. The van der Waals surface area contributed by atoms with Crippen LogP contribution in [0.4, 0.5) is 5.69 Å². The smallest absolute Gasteiger partial charge is 0.233 e. The van der Waals surface area contributed by atoms with E-state index in [0.29, 0.717) is 19.0 Å². The van der Waals surface area contributed by atoms with Gasteiger partial charge in [-0.05, 0) is 56.7 Å². The number of amides is 2. The van der Waals surface area contributed by atoms with Gasteiger partial charge >= 0.3 is 0 Å². The van der Waals surface area contributed by atoms with Crippen LogP contribution in [0.5, 0.6) is 0 Å². The van der Waals surface area contributed by atoms with E-state index < -0.39 is 0 Å². The Hall–Kier alpha value is -2.70. The van der Waals surface area contributed by atoms with Crippen molar-refractivity contribution in [2.75, 3.05) is 18.4 Å². The molecule has 1 N–H and O–H groups in total. The van der Waals surface area contributed by atoms with Gasteiger partial charge in [0.2, 0.25) is 11.8 Å². The van der Waals surface area contributed by atoms with Crippen molar-refractivity contribution < 1.29 is 9.59 Å². The van der Waals surface area contributed by atoms with E-state index in [9.17, 15) is 9.59 Å². The molecule has 0 saturated carbocycles. The summed E-state index contributed by atoms with van der Waals surface area (Å²) < 4.78 is 2.31. The van der Waals surface area contributed by atoms with Crippen molar-refractivity contribution in [3.63, 3.8) is 0 Å². The lowest BCUT2D eigenvalue weighted by Gasteiger charge is -2.31. The van der Waals surface area contributed by atoms with Gasteiger partial charge in [-0.3, -0.25) is 9.59 Å². The molecule has 7 nitrogen and oxygen atoms in total. The van der Waals surface area contributed by atoms with Gasteiger partial charge in [-0.25, -0.2) is 0 Å². The number of piperidine rings is 1. The van der Waals surface area contributed by atoms with Gasteiger partial charge in [0.25, 0.3) is 0 Å². The Morgan fingerprint density at radius 2 is 1.87 bits per heavy atom. The molecule has 1 saturated heterocycles. The fraction of sp³-hybridized carbons (Fsp3) is 0.565. The first-order chi connectivity index (χ1) is 14.5. The zero-order valence-corrected chi connectivity index (χ0v) is 18.0. The summed E-state index contributed by atoms with van der Waals surface area (Å²) in [4.78, 5) is 26.9. The molecule has 2 aliphatic rings. The van der Waals surface area contributed by atoms with Crippen molar-refractivity contribution in [1.29, 1.82) is 0 Å². The quantitative estimate of drug-likeness (QED) is 0.786. The molecule has 1 aromatic carbocycles. The molecule has 2 aromatic rings. The Morgan fingerprint density at radius 3 is 2.67 bits per heavy atom. The highest BCUT2D eigenvalue weighted by molar-refractivity contribution is 6.03. The minimum absolute atomic E-state index is 0.101. The highest BCUT2D eigenvalue weighted by Gasteiger charge is 2.29. The molecule has 7 heteroatoms. The Balaban J connectivity index is 1.31. The summed E-state index contributed by atoms with van der Waals surface area (Å²) in [6, 6.07) is 5.92. The number of aromatic nitrogens is 3. The minimum Gasteiger partial charge on any atom is -0.342 e. The Kier molecular flexibility index (Phi) is 6.16. The second-order valence-corrected chi connectivity index (χ2v) is 8.64. The van der Waals surface area contributed by atoms with E-state index in [2.05, 4.69) is 20.1 Å². The summed E-state index contributed by atoms with van der Waals surface area (Å²) in [5.41, 5.74) is 2.85. The van der Waals surface area contributed by atoms with Crippen LogP contribution in [0.3, 0.4) is 0 Å². The Labute approximate surface area is 177 Å². The van der Waals surface area contributed by atoms with E-state index in [1.165, 1.54) is 19.3 Å². The SMILES string of the molecule is Cc1ccc(C)c(NC(=O)CC(=O)N2CCC(c3nnc4n3CCCCC4)CC2)c1. The summed E-state index contributed by atoms with van der Waals surface area (Å²) >= 11 is 0. The maximum atomic E-state index is 12.7. The number of hydrogen-bond donors (Lipinski definition) is 1. The first-order valence-corrected chi connectivity index (χ1v) is 11.1. The Morgan fingerprint density at radius 1 is 1.07 bits per heavy atom. The number of carbonyl (C=O) groups is 2. The van der Waals surface area contributed by atoms with E-state index in [4.69, 9.17) is 0 Å². The molecule has 1 fully saturated rings. The zero-order chi connectivity index (χ0) is 21.1. The number of fused-ring (bicyclic) bond motifs is 1. The molecular weight excluding hydrogens is 378 g/mol. The molecule has 3 heterocycles. The van der Waals surface area contributed by atoms with Crippen LogP contribution < -0.4 is 5.32 Å². The van der Waals surface area contributed by atoms with Gasteiger partial charge in [0.1, 0.15) is 18.1 Å². The van der Waals surface area contributed by atoms with Gasteiger partial charge in [0, 0.05) is 37.7 Å². The number of anilines is 1. The Bertz CT molecular complexity index is 928. The molecule has 2 aliphatic heterocycles. The highest BCUT2D eigenvalue weighted by atomic mass is 16.2. The molecule has 2 amide bonds. The van der Waals surface area contributed by atoms with Crippen molar-refractivity contribution in [2.45, 2.75) is 71.3 Å². The summed E-state index contributed by atoms with van der Waals surface area (Å²) in [6.07, 6.45) is 6.28. The number of nitrogens with zero attached hydrogens (tertiary/aromatic N) is 4. The van der Waals surface area contributed by atoms with Crippen LogP contribution in [0.1, 0.15) is 67.2 Å². The molecular formula is C23H31N5O2. The summed E-state index contributed by atoms with van der Waals surface area (Å²) in [6.45, 7) is 6.28. The summed E-state index contributed by atoms with van der Waals surface area (Å²) in [5, 5.41) is 11.8. The number of benzene rings is 1. The third-order valence-corrected chi connectivity index (χ3v) is 6.33. The predicted molar refractivity (Wildman–Crippen MR) is 115 cm³/mol. The average molecular weight is 410 g/mol. The van der Waals surface area contributed by atoms with Crippen LogP contribution in [0.2, 0.25) is 0 Å².